The molecule has 12 heavy (non-hydrogen) atoms. The Morgan fingerprint density at radius 2 is 2.42 bits per heavy atom. The fourth-order valence-corrected chi connectivity index (χ4v) is 2.26. The third-order valence-corrected chi connectivity index (χ3v) is 3.01. The maximum Gasteiger partial charge on any atom is 0.0478 e. The highest BCUT2D eigenvalue weighted by Crippen LogP contribution is 2.31. The molecule has 0 aliphatic carbocycles. The molecule has 2 rings (SSSR count). The van der Waals surface area contributed by atoms with Crippen LogP contribution in [0.2, 0.25) is 0 Å². The fourth-order valence-electron chi connectivity index (χ4n) is 1.31. The number of anilines is 1. The van der Waals surface area contributed by atoms with Crippen molar-refractivity contribution in [2.75, 3.05) is 17.6 Å². The van der Waals surface area contributed by atoms with Crippen LogP contribution in [0.25, 0.3) is 0 Å². The van der Waals surface area contributed by atoms with Crippen LogP contribution in [0.5, 0.6) is 0 Å². The van der Waals surface area contributed by atoms with Crippen molar-refractivity contribution in [1.82, 2.24) is 0 Å². The molecular weight excluding hydrogens is 168 g/mol. The van der Waals surface area contributed by atoms with Crippen LogP contribution < -0.4 is 11.1 Å². The van der Waals surface area contributed by atoms with Gasteiger partial charge in [0.1, 0.15) is 0 Å². The van der Waals surface area contributed by atoms with Gasteiger partial charge < -0.3 is 11.1 Å². The van der Waals surface area contributed by atoms with E-state index in [2.05, 4.69) is 23.5 Å². The maximum absolute atomic E-state index is 5.55. The number of hydrogen-bond donors (Lipinski definition) is 2. The molecule has 3 N–H and O–H groups in total. The molecule has 0 atom stereocenters. The first kappa shape index (κ1) is 7.95. The summed E-state index contributed by atoms with van der Waals surface area (Å²) in [5, 5.41) is 3.35. The van der Waals surface area contributed by atoms with Crippen molar-refractivity contribution in [3.63, 3.8) is 0 Å². The van der Waals surface area contributed by atoms with Crippen LogP contribution in [0.15, 0.2) is 23.1 Å². The molecule has 1 aromatic rings. The topological polar surface area (TPSA) is 38.0 Å². The molecule has 3 heteroatoms. The summed E-state index contributed by atoms with van der Waals surface area (Å²) in [4.78, 5) is 1.34. The third-order valence-electron chi connectivity index (χ3n) is 1.96. The average Bonchev–Trinajstić information content (AvgIpc) is 2.17. The molecule has 0 spiro atoms. The van der Waals surface area contributed by atoms with E-state index in [9.17, 15) is 0 Å². The lowest BCUT2D eigenvalue weighted by atomic mass is 10.2. The van der Waals surface area contributed by atoms with Crippen molar-refractivity contribution in [2.24, 2.45) is 5.73 Å². The molecule has 0 bridgehead atoms. The SMILES string of the molecule is NCc1ccc2c(c1)SCCN2. The summed E-state index contributed by atoms with van der Waals surface area (Å²) in [6, 6.07) is 6.37. The Bertz CT molecular complexity index is 286. The summed E-state index contributed by atoms with van der Waals surface area (Å²) < 4.78 is 0. The number of hydrogen-bond acceptors (Lipinski definition) is 3. The number of benzene rings is 1. The number of fused-ring (bicyclic) bond motifs is 1. The van der Waals surface area contributed by atoms with Gasteiger partial charge in [-0.3, -0.25) is 0 Å². The highest BCUT2D eigenvalue weighted by atomic mass is 32.2. The van der Waals surface area contributed by atoms with E-state index in [4.69, 9.17) is 5.73 Å². The molecule has 0 radical (unpaired) electrons. The Morgan fingerprint density at radius 1 is 1.50 bits per heavy atom. The number of nitrogens with one attached hydrogen (secondary N) is 1. The molecule has 2 nitrogen and oxygen atoms in total. The molecule has 64 valence electrons. The van der Waals surface area contributed by atoms with Gasteiger partial charge in [0.2, 0.25) is 0 Å². The van der Waals surface area contributed by atoms with E-state index in [0.29, 0.717) is 6.54 Å². The number of rotatable bonds is 1. The molecule has 0 saturated heterocycles. The Morgan fingerprint density at radius 3 is 3.25 bits per heavy atom. The van der Waals surface area contributed by atoms with Gasteiger partial charge in [-0.2, -0.15) is 0 Å². The predicted molar refractivity (Wildman–Crippen MR) is 53.5 cm³/mol. The minimum Gasteiger partial charge on any atom is -0.383 e. The first-order chi connectivity index (χ1) is 5.90. The molecule has 0 aromatic heterocycles. The quantitative estimate of drug-likeness (QED) is 0.690. The minimum atomic E-state index is 0.633. The van der Waals surface area contributed by atoms with Crippen LogP contribution in [-0.4, -0.2) is 12.3 Å². The van der Waals surface area contributed by atoms with Gasteiger partial charge in [0.25, 0.3) is 0 Å². The summed E-state index contributed by atoms with van der Waals surface area (Å²) in [5.41, 5.74) is 8.02. The van der Waals surface area contributed by atoms with Crippen molar-refractivity contribution in [3.8, 4) is 0 Å². The molecular formula is C9H12N2S. The predicted octanol–water partition coefficient (Wildman–Crippen LogP) is 1.66. The zero-order valence-corrected chi connectivity index (χ0v) is 7.66. The van der Waals surface area contributed by atoms with Crippen molar-refractivity contribution >= 4 is 17.4 Å². The lowest BCUT2D eigenvalue weighted by molar-refractivity contribution is 1.05. The fraction of sp³-hybridized carbons (Fsp3) is 0.333. The Hall–Kier alpha value is -0.670. The molecule has 1 aliphatic heterocycles. The van der Waals surface area contributed by atoms with Gasteiger partial charge in [0, 0.05) is 29.4 Å². The monoisotopic (exact) mass is 180 g/mol. The molecule has 0 fully saturated rings. The normalized spacial score (nSPS) is 15.1. The highest BCUT2D eigenvalue weighted by Gasteiger charge is 2.08. The van der Waals surface area contributed by atoms with E-state index in [0.717, 1.165) is 12.3 Å². The zero-order valence-electron chi connectivity index (χ0n) is 6.84. The smallest absolute Gasteiger partial charge is 0.0478 e. The van der Waals surface area contributed by atoms with E-state index in [1.54, 1.807) is 0 Å². The first-order valence-corrected chi connectivity index (χ1v) is 5.08. The second-order valence-corrected chi connectivity index (χ2v) is 3.95. The van der Waals surface area contributed by atoms with Gasteiger partial charge in [-0.25, -0.2) is 0 Å². The summed E-state index contributed by atoms with van der Waals surface area (Å²) in [7, 11) is 0. The van der Waals surface area contributed by atoms with Gasteiger partial charge in [0.05, 0.1) is 0 Å². The van der Waals surface area contributed by atoms with Crippen LogP contribution in [0.3, 0.4) is 0 Å². The first-order valence-electron chi connectivity index (χ1n) is 4.10. The largest absolute Gasteiger partial charge is 0.383 e. The van der Waals surface area contributed by atoms with Gasteiger partial charge in [-0.05, 0) is 17.7 Å². The molecule has 0 saturated carbocycles. The second kappa shape index (κ2) is 3.37. The maximum atomic E-state index is 5.55. The molecule has 1 heterocycles. The van der Waals surface area contributed by atoms with Crippen LogP contribution in [0.4, 0.5) is 5.69 Å². The van der Waals surface area contributed by atoms with E-state index in [1.807, 2.05) is 11.8 Å². The summed E-state index contributed by atoms with van der Waals surface area (Å²) >= 11 is 1.90. The Kier molecular flexibility index (Phi) is 2.23. The van der Waals surface area contributed by atoms with Crippen LogP contribution >= 0.6 is 11.8 Å². The van der Waals surface area contributed by atoms with Gasteiger partial charge in [0.15, 0.2) is 0 Å². The van der Waals surface area contributed by atoms with Crippen molar-refractivity contribution in [3.05, 3.63) is 23.8 Å². The van der Waals surface area contributed by atoms with Gasteiger partial charge in [-0.15, -0.1) is 11.8 Å². The summed E-state index contributed by atoms with van der Waals surface area (Å²) in [5.74, 6) is 1.15. The molecule has 0 amide bonds. The van der Waals surface area contributed by atoms with E-state index in [-0.39, 0.29) is 0 Å². The Labute approximate surface area is 76.5 Å². The van der Waals surface area contributed by atoms with Crippen LogP contribution in [0.1, 0.15) is 5.56 Å². The molecule has 0 unspecified atom stereocenters. The standard InChI is InChI=1S/C9H12N2S/c10-6-7-1-2-8-9(5-7)12-4-3-11-8/h1-2,5,11H,3-4,6,10H2. The Balaban J connectivity index is 2.36. The van der Waals surface area contributed by atoms with Crippen LogP contribution in [0, 0.1) is 0 Å². The zero-order chi connectivity index (χ0) is 8.39. The molecule has 1 aromatic carbocycles. The van der Waals surface area contributed by atoms with E-state index >= 15 is 0 Å². The number of nitrogens with two attached hydrogens (primary N) is 1. The summed E-state index contributed by atoms with van der Waals surface area (Å²) in [6.07, 6.45) is 0. The van der Waals surface area contributed by atoms with Crippen LogP contribution in [-0.2, 0) is 6.54 Å². The van der Waals surface area contributed by atoms with Crippen molar-refractivity contribution in [2.45, 2.75) is 11.4 Å². The van der Waals surface area contributed by atoms with Crippen molar-refractivity contribution < 1.29 is 0 Å². The third kappa shape index (κ3) is 1.42. The van der Waals surface area contributed by atoms with E-state index < -0.39 is 0 Å². The van der Waals surface area contributed by atoms with Gasteiger partial charge >= 0.3 is 0 Å². The molecule has 1 aliphatic rings. The second-order valence-electron chi connectivity index (χ2n) is 2.81. The lowest BCUT2D eigenvalue weighted by Gasteiger charge is -2.17. The minimum absolute atomic E-state index is 0.633. The number of thioether (sulfide) groups is 1. The van der Waals surface area contributed by atoms with Crippen molar-refractivity contribution in [1.29, 1.82) is 0 Å². The highest BCUT2D eigenvalue weighted by molar-refractivity contribution is 7.99. The summed E-state index contributed by atoms with van der Waals surface area (Å²) in [6.45, 7) is 1.70. The van der Waals surface area contributed by atoms with E-state index in [1.165, 1.54) is 16.1 Å². The average molecular weight is 180 g/mol. The lowest BCUT2D eigenvalue weighted by Crippen LogP contribution is -2.10. The van der Waals surface area contributed by atoms with Gasteiger partial charge in [-0.1, -0.05) is 6.07 Å².